The second-order valence-electron chi connectivity index (χ2n) is 7.08. The quantitative estimate of drug-likeness (QED) is 0.559. The number of aromatic nitrogens is 4. The monoisotopic (exact) mass is 423 g/mol. The fraction of sp³-hybridized carbons (Fsp3) is 0.286. The summed E-state index contributed by atoms with van der Waals surface area (Å²) in [5.41, 5.74) is 2.34. The fourth-order valence-electron chi connectivity index (χ4n) is 3.28. The van der Waals surface area contributed by atoms with Crippen LogP contribution >= 0.6 is 11.6 Å². The minimum atomic E-state index is -0.0554. The van der Waals surface area contributed by atoms with Crippen LogP contribution in [0.25, 0.3) is 11.3 Å². The van der Waals surface area contributed by atoms with Crippen molar-refractivity contribution in [3.05, 3.63) is 59.8 Å². The van der Waals surface area contributed by atoms with Crippen molar-refractivity contribution >= 4 is 29.1 Å². The molecule has 1 amide bonds. The first kappa shape index (κ1) is 20.2. The Morgan fingerprint density at radius 1 is 1.17 bits per heavy atom. The van der Waals surface area contributed by atoms with Gasteiger partial charge in [-0.3, -0.25) is 14.8 Å². The Hall–Kier alpha value is -3.10. The van der Waals surface area contributed by atoms with E-state index >= 15 is 0 Å². The lowest BCUT2D eigenvalue weighted by atomic mass is 9.99. The second kappa shape index (κ2) is 9.60. The van der Waals surface area contributed by atoms with Crippen molar-refractivity contribution in [1.82, 2.24) is 25.3 Å². The Morgan fingerprint density at radius 2 is 2.03 bits per heavy atom. The number of amides is 1. The molecule has 3 aromatic heterocycles. The molecule has 9 heteroatoms. The zero-order valence-electron chi connectivity index (χ0n) is 16.3. The molecule has 0 aliphatic carbocycles. The van der Waals surface area contributed by atoms with Gasteiger partial charge in [0.05, 0.1) is 29.0 Å². The molecule has 0 bridgehead atoms. The summed E-state index contributed by atoms with van der Waals surface area (Å²) < 4.78 is 0. The summed E-state index contributed by atoms with van der Waals surface area (Å²) >= 11 is 6.36. The van der Waals surface area contributed by atoms with Gasteiger partial charge in [0, 0.05) is 37.2 Å². The van der Waals surface area contributed by atoms with Crippen LogP contribution in [0.5, 0.6) is 0 Å². The SMILES string of the molecule is O=C(Nc1cc(-c2cncc(NCc3ccncc3)n2)c(Cl)cn1)C1CCCNC1. The number of nitrogens with zero attached hydrogens (tertiary/aromatic N) is 4. The molecule has 0 saturated carbocycles. The minimum absolute atomic E-state index is 0.0400. The summed E-state index contributed by atoms with van der Waals surface area (Å²) in [6.07, 6.45) is 10.2. The van der Waals surface area contributed by atoms with Gasteiger partial charge in [0.1, 0.15) is 11.6 Å². The smallest absolute Gasteiger partial charge is 0.229 e. The number of nitrogens with one attached hydrogen (secondary N) is 3. The molecule has 0 radical (unpaired) electrons. The maximum atomic E-state index is 12.5. The maximum Gasteiger partial charge on any atom is 0.229 e. The third-order valence-electron chi connectivity index (χ3n) is 4.91. The minimum Gasteiger partial charge on any atom is -0.365 e. The number of halogens is 1. The Morgan fingerprint density at radius 3 is 2.83 bits per heavy atom. The molecule has 1 atom stereocenters. The largest absolute Gasteiger partial charge is 0.365 e. The molecule has 1 fully saturated rings. The van der Waals surface area contributed by atoms with Crippen molar-refractivity contribution in [2.75, 3.05) is 23.7 Å². The molecule has 1 unspecified atom stereocenters. The zero-order chi connectivity index (χ0) is 20.8. The average Bonchev–Trinajstić information content (AvgIpc) is 2.80. The maximum absolute atomic E-state index is 12.5. The number of anilines is 2. The molecule has 30 heavy (non-hydrogen) atoms. The van der Waals surface area contributed by atoms with Crippen molar-refractivity contribution in [2.24, 2.45) is 5.92 Å². The number of carbonyl (C=O) groups excluding carboxylic acids is 1. The van der Waals surface area contributed by atoms with Gasteiger partial charge in [-0.2, -0.15) is 0 Å². The van der Waals surface area contributed by atoms with E-state index in [1.54, 1.807) is 30.9 Å². The summed E-state index contributed by atoms with van der Waals surface area (Å²) in [4.78, 5) is 29.6. The highest BCUT2D eigenvalue weighted by molar-refractivity contribution is 6.33. The van der Waals surface area contributed by atoms with E-state index in [-0.39, 0.29) is 11.8 Å². The van der Waals surface area contributed by atoms with Crippen molar-refractivity contribution in [2.45, 2.75) is 19.4 Å². The Kier molecular flexibility index (Phi) is 6.46. The van der Waals surface area contributed by atoms with Crippen LogP contribution in [0.4, 0.5) is 11.6 Å². The van der Waals surface area contributed by atoms with Gasteiger partial charge in [-0.05, 0) is 43.1 Å². The molecular formula is C21H22ClN7O. The molecule has 4 rings (SSSR count). The first-order valence-electron chi connectivity index (χ1n) is 9.81. The number of piperidine rings is 1. The summed E-state index contributed by atoms with van der Waals surface area (Å²) in [5, 5.41) is 9.82. The molecule has 4 heterocycles. The lowest BCUT2D eigenvalue weighted by Crippen LogP contribution is -2.37. The molecule has 0 spiro atoms. The lowest BCUT2D eigenvalue weighted by molar-refractivity contribution is -0.120. The van der Waals surface area contributed by atoms with Gasteiger partial charge in [-0.25, -0.2) is 9.97 Å². The molecule has 154 valence electrons. The third-order valence-corrected chi connectivity index (χ3v) is 5.21. The van der Waals surface area contributed by atoms with Crippen molar-refractivity contribution in [1.29, 1.82) is 0 Å². The molecule has 3 aromatic rings. The van der Waals surface area contributed by atoms with Gasteiger partial charge < -0.3 is 16.0 Å². The third kappa shape index (κ3) is 5.08. The standard InChI is InChI=1S/C21H22ClN7O/c22-17-11-27-19(29-21(30)15-2-1-5-24-10-15)8-16(17)18-12-25-13-20(28-18)26-9-14-3-6-23-7-4-14/h3-4,6-8,11-13,15,24H,1-2,5,9-10H2,(H,26,28)(H,27,29,30). The van der Waals surface area contributed by atoms with E-state index in [9.17, 15) is 4.79 Å². The van der Waals surface area contributed by atoms with Crippen LogP contribution in [0.3, 0.4) is 0 Å². The van der Waals surface area contributed by atoms with Crippen LogP contribution in [0.1, 0.15) is 18.4 Å². The summed E-state index contributed by atoms with van der Waals surface area (Å²) in [6.45, 7) is 2.24. The number of rotatable bonds is 6. The predicted octanol–water partition coefficient (Wildman–Crippen LogP) is 3.14. The van der Waals surface area contributed by atoms with E-state index in [0.717, 1.165) is 24.9 Å². The molecule has 1 aliphatic rings. The van der Waals surface area contributed by atoms with Gasteiger partial charge in [0.2, 0.25) is 5.91 Å². The van der Waals surface area contributed by atoms with Gasteiger partial charge in [0.25, 0.3) is 0 Å². The van der Waals surface area contributed by atoms with Gasteiger partial charge >= 0.3 is 0 Å². The Bertz CT molecular complexity index is 1010. The highest BCUT2D eigenvalue weighted by atomic mass is 35.5. The van der Waals surface area contributed by atoms with E-state index in [1.807, 2.05) is 12.1 Å². The molecule has 0 aromatic carbocycles. The summed E-state index contributed by atoms with van der Waals surface area (Å²) in [6, 6.07) is 5.59. The van der Waals surface area contributed by atoms with Crippen LogP contribution in [-0.4, -0.2) is 38.9 Å². The van der Waals surface area contributed by atoms with E-state index in [1.165, 1.54) is 6.20 Å². The molecule has 8 nitrogen and oxygen atoms in total. The number of pyridine rings is 2. The van der Waals surface area contributed by atoms with E-state index in [4.69, 9.17) is 11.6 Å². The fourth-order valence-corrected chi connectivity index (χ4v) is 3.48. The first-order valence-corrected chi connectivity index (χ1v) is 10.2. The first-order chi connectivity index (χ1) is 14.7. The molecule has 1 aliphatic heterocycles. The predicted molar refractivity (Wildman–Crippen MR) is 116 cm³/mol. The number of hydrogen-bond donors (Lipinski definition) is 3. The van der Waals surface area contributed by atoms with Crippen molar-refractivity contribution < 1.29 is 4.79 Å². The van der Waals surface area contributed by atoms with E-state index in [0.29, 0.717) is 41.0 Å². The van der Waals surface area contributed by atoms with Crippen LogP contribution in [0, 0.1) is 5.92 Å². The van der Waals surface area contributed by atoms with Gasteiger partial charge in [-0.1, -0.05) is 11.6 Å². The second-order valence-corrected chi connectivity index (χ2v) is 7.49. The Labute approximate surface area is 179 Å². The summed E-state index contributed by atoms with van der Waals surface area (Å²) in [5.74, 6) is 0.972. The normalized spacial score (nSPS) is 16.1. The number of hydrogen-bond acceptors (Lipinski definition) is 7. The van der Waals surface area contributed by atoms with Crippen LogP contribution in [-0.2, 0) is 11.3 Å². The Balaban J connectivity index is 1.49. The van der Waals surface area contributed by atoms with E-state index < -0.39 is 0 Å². The zero-order valence-corrected chi connectivity index (χ0v) is 17.1. The van der Waals surface area contributed by atoms with Crippen molar-refractivity contribution in [3.8, 4) is 11.3 Å². The highest BCUT2D eigenvalue weighted by Gasteiger charge is 2.21. The summed E-state index contributed by atoms with van der Waals surface area (Å²) in [7, 11) is 0. The molecule has 1 saturated heterocycles. The van der Waals surface area contributed by atoms with E-state index in [2.05, 4.69) is 35.9 Å². The van der Waals surface area contributed by atoms with Gasteiger partial charge in [-0.15, -0.1) is 0 Å². The van der Waals surface area contributed by atoms with Crippen molar-refractivity contribution in [3.63, 3.8) is 0 Å². The highest BCUT2D eigenvalue weighted by Crippen LogP contribution is 2.28. The molecule has 3 N–H and O–H groups in total. The topological polar surface area (TPSA) is 105 Å². The lowest BCUT2D eigenvalue weighted by Gasteiger charge is -2.21. The van der Waals surface area contributed by atoms with Crippen LogP contribution < -0.4 is 16.0 Å². The van der Waals surface area contributed by atoms with Gasteiger partial charge in [0.15, 0.2) is 0 Å². The number of carbonyl (C=O) groups is 1. The van der Waals surface area contributed by atoms with Crippen LogP contribution in [0.2, 0.25) is 5.02 Å². The average molecular weight is 424 g/mol. The molecular weight excluding hydrogens is 402 g/mol. The van der Waals surface area contributed by atoms with Crippen LogP contribution in [0.15, 0.2) is 49.2 Å².